The summed E-state index contributed by atoms with van der Waals surface area (Å²) < 4.78 is 11.1. The molecule has 1 saturated heterocycles. The number of methoxy groups -OCH3 is 1. The van der Waals surface area contributed by atoms with Crippen LogP contribution in [0.25, 0.3) is 6.08 Å². The molecule has 10 nitrogen and oxygen atoms in total. The van der Waals surface area contributed by atoms with Gasteiger partial charge in [-0.1, -0.05) is 15.9 Å². The fourth-order valence-corrected chi connectivity index (χ4v) is 4.27. The van der Waals surface area contributed by atoms with Crippen molar-refractivity contribution in [2.75, 3.05) is 18.6 Å². The molecule has 0 aliphatic carbocycles. The molecule has 2 aromatic carbocycles. The summed E-state index contributed by atoms with van der Waals surface area (Å²) in [5.74, 6) is -2.95. The average molecular weight is 581 g/mol. The summed E-state index contributed by atoms with van der Waals surface area (Å²) in [4.78, 5) is 61.5. The number of urea groups is 1. The SMILES string of the molecule is COC(=O)c1ccc(N2C(=O)NC(=O)/C(=C/c3cc(Br)cc(Br)c3OCC(N)=O)C2=O)cc1. The largest absolute Gasteiger partial charge is 0.482 e. The van der Waals surface area contributed by atoms with Gasteiger partial charge >= 0.3 is 12.0 Å². The Balaban J connectivity index is 2.03. The number of imide groups is 2. The lowest BCUT2D eigenvalue weighted by molar-refractivity contribution is -0.123. The summed E-state index contributed by atoms with van der Waals surface area (Å²) in [7, 11) is 1.22. The fraction of sp³-hybridized carbons (Fsp3) is 0.0952. The summed E-state index contributed by atoms with van der Waals surface area (Å²) in [5, 5.41) is 2.11. The minimum Gasteiger partial charge on any atom is -0.482 e. The van der Waals surface area contributed by atoms with Crippen LogP contribution in [0.4, 0.5) is 10.5 Å². The van der Waals surface area contributed by atoms with E-state index in [1.807, 2.05) is 0 Å². The molecule has 3 N–H and O–H groups in total. The van der Waals surface area contributed by atoms with Gasteiger partial charge < -0.3 is 15.2 Å². The van der Waals surface area contributed by atoms with Crippen molar-refractivity contribution in [1.82, 2.24) is 5.32 Å². The molecule has 0 unspecified atom stereocenters. The number of hydrogen-bond acceptors (Lipinski definition) is 7. The number of carbonyl (C=O) groups is 5. The van der Waals surface area contributed by atoms with Crippen molar-refractivity contribution in [2.24, 2.45) is 5.73 Å². The van der Waals surface area contributed by atoms with Gasteiger partial charge in [0.05, 0.1) is 22.8 Å². The molecule has 1 fully saturated rings. The minimum atomic E-state index is -0.950. The Morgan fingerprint density at radius 2 is 1.79 bits per heavy atom. The number of rotatable bonds is 6. The Kier molecular flexibility index (Phi) is 7.29. The van der Waals surface area contributed by atoms with E-state index in [1.54, 1.807) is 12.1 Å². The van der Waals surface area contributed by atoms with Crippen molar-refractivity contribution >= 4 is 73.3 Å². The number of carbonyl (C=O) groups excluding carboxylic acids is 5. The lowest BCUT2D eigenvalue weighted by Gasteiger charge is -2.26. The Hall–Kier alpha value is -3.51. The van der Waals surface area contributed by atoms with Gasteiger partial charge in [0.1, 0.15) is 11.3 Å². The van der Waals surface area contributed by atoms with Crippen molar-refractivity contribution in [3.8, 4) is 5.75 Å². The molecule has 2 aromatic rings. The first-order valence-electron chi connectivity index (χ1n) is 9.12. The molecule has 3 rings (SSSR count). The number of anilines is 1. The Bertz CT molecular complexity index is 1210. The topological polar surface area (TPSA) is 145 Å². The third-order valence-electron chi connectivity index (χ3n) is 4.34. The highest BCUT2D eigenvalue weighted by Crippen LogP contribution is 2.35. The summed E-state index contributed by atoms with van der Waals surface area (Å²) in [5.41, 5.74) is 5.39. The summed E-state index contributed by atoms with van der Waals surface area (Å²) in [6, 6.07) is 7.74. The zero-order valence-electron chi connectivity index (χ0n) is 16.9. The molecule has 1 heterocycles. The van der Waals surface area contributed by atoms with E-state index >= 15 is 0 Å². The number of amides is 5. The number of nitrogens with two attached hydrogens (primary N) is 1. The Labute approximate surface area is 203 Å². The van der Waals surface area contributed by atoms with Crippen molar-refractivity contribution in [2.45, 2.75) is 0 Å². The highest BCUT2D eigenvalue weighted by atomic mass is 79.9. The highest BCUT2D eigenvalue weighted by molar-refractivity contribution is 9.11. The normalized spacial score (nSPS) is 14.8. The molecule has 0 bridgehead atoms. The third-order valence-corrected chi connectivity index (χ3v) is 5.39. The number of primary amides is 1. The summed E-state index contributed by atoms with van der Waals surface area (Å²) in [6.07, 6.45) is 1.23. The van der Waals surface area contributed by atoms with Crippen molar-refractivity contribution < 1.29 is 33.4 Å². The van der Waals surface area contributed by atoms with Gasteiger partial charge in [-0.05, 0) is 58.4 Å². The first kappa shape index (κ1) is 24.1. The van der Waals surface area contributed by atoms with Gasteiger partial charge in [0.15, 0.2) is 6.61 Å². The first-order chi connectivity index (χ1) is 15.6. The zero-order chi connectivity index (χ0) is 24.3. The molecule has 0 saturated carbocycles. The quantitative estimate of drug-likeness (QED) is 0.303. The van der Waals surface area contributed by atoms with Crippen LogP contribution in [0.15, 0.2) is 50.9 Å². The Morgan fingerprint density at radius 1 is 1.12 bits per heavy atom. The van der Waals surface area contributed by atoms with Crippen LogP contribution in [0, 0.1) is 0 Å². The molecular weight excluding hydrogens is 566 g/mol. The summed E-state index contributed by atoms with van der Waals surface area (Å²) >= 11 is 6.61. The van der Waals surface area contributed by atoms with E-state index in [9.17, 15) is 24.0 Å². The molecular formula is C21H15Br2N3O7. The van der Waals surface area contributed by atoms with Gasteiger partial charge in [0.25, 0.3) is 17.7 Å². The second-order valence-corrected chi connectivity index (χ2v) is 8.33. The van der Waals surface area contributed by atoms with Crippen LogP contribution in [0.3, 0.4) is 0 Å². The number of hydrogen-bond donors (Lipinski definition) is 2. The fourth-order valence-electron chi connectivity index (χ4n) is 2.89. The van der Waals surface area contributed by atoms with E-state index in [0.29, 0.717) is 8.95 Å². The van der Waals surface area contributed by atoms with E-state index in [1.165, 1.54) is 37.5 Å². The van der Waals surface area contributed by atoms with Gasteiger partial charge in [-0.15, -0.1) is 0 Å². The van der Waals surface area contributed by atoms with Crippen molar-refractivity contribution in [3.63, 3.8) is 0 Å². The number of nitrogens with zero attached hydrogens (tertiary/aromatic N) is 1. The molecule has 1 aliphatic rings. The van der Waals surface area contributed by atoms with Crippen LogP contribution in [0.2, 0.25) is 0 Å². The molecule has 33 heavy (non-hydrogen) atoms. The van der Waals surface area contributed by atoms with Crippen LogP contribution in [0.5, 0.6) is 5.75 Å². The number of benzene rings is 2. The summed E-state index contributed by atoms with van der Waals surface area (Å²) in [6.45, 7) is -0.437. The predicted octanol–water partition coefficient (Wildman–Crippen LogP) is 2.53. The van der Waals surface area contributed by atoms with Crippen LogP contribution >= 0.6 is 31.9 Å². The molecule has 0 atom stereocenters. The maximum Gasteiger partial charge on any atom is 0.337 e. The first-order valence-corrected chi connectivity index (χ1v) is 10.7. The van der Waals surface area contributed by atoms with E-state index in [2.05, 4.69) is 41.9 Å². The minimum absolute atomic E-state index is 0.129. The lowest BCUT2D eigenvalue weighted by Crippen LogP contribution is -2.54. The molecule has 0 radical (unpaired) electrons. The van der Waals surface area contributed by atoms with Gasteiger partial charge in [0.2, 0.25) is 0 Å². The van der Waals surface area contributed by atoms with E-state index in [-0.39, 0.29) is 28.1 Å². The van der Waals surface area contributed by atoms with Gasteiger partial charge in [0, 0.05) is 10.0 Å². The molecule has 170 valence electrons. The second kappa shape index (κ2) is 9.96. The van der Waals surface area contributed by atoms with Gasteiger partial charge in [-0.3, -0.25) is 19.7 Å². The maximum absolute atomic E-state index is 13.1. The average Bonchev–Trinajstić information content (AvgIpc) is 2.75. The highest BCUT2D eigenvalue weighted by Gasteiger charge is 2.37. The maximum atomic E-state index is 13.1. The molecule has 12 heteroatoms. The molecule has 0 aromatic heterocycles. The number of ether oxygens (including phenoxy) is 2. The number of nitrogens with one attached hydrogen (secondary N) is 1. The Morgan fingerprint density at radius 3 is 2.39 bits per heavy atom. The number of halogens is 2. The monoisotopic (exact) mass is 579 g/mol. The third kappa shape index (κ3) is 5.29. The van der Waals surface area contributed by atoms with E-state index in [4.69, 9.17) is 10.5 Å². The number of esters is 1. The van der Waals surface area contributed by atoms with Crippen LogP contribution in [-0.2, 0) is 19.1 Å². The lowest BCUT2D eigenvalue weighted by atomic mass is 10.1. The van der Waals surface area contributed by atoms with E-state index in [0.717, 1.165) is 4.90 Å². The van der Waals surface area contributed by atoms with E-state index < -0.39 is 36.3 Å². The standard InChI is InChI=1S/C21H15Br2N3O7/c1-32-20(30)10-2-4-13(5-3-10)26-19(29)14(18(28)25-21(26)31)7-11-6-12(22)8-15(23)17(11)33-9-16(24)27/h2-8H,9H2,1H3,(H2,24,27)(H,25,28,31)/b14-7-. The van der Waals surface area contributed by atoms with Crippen LogP contribution in [0.1, 0.15) is 15.9 Å². The van der Waals surface area contributed by atoms with Crippen molar-refractivity contribution in [1.29, 1.82) is 0 Å². The zero-order valence-corrected chi connectivity index (χ0v) is 20.1. The smallest absolute Gasteiger partial charge is 0.337 e. The van der Waals surface area contributed by atoms with Gasteiger partial charge in [-0.25, -0.2) is 14.5 Å². The molecule has 0 spiro atoms. The second-order valence-electron chi connectivity index (χ2n) is 6.56. The van der Waals surface area contributed by atoms with Crippen molar-refractivity contribution in [3.05, 3.63) is 62.0 Å². The number of barbiturate groups is 1. The van der Waals surface area contributed by atoms with Crippen LogP contribution in [-0.4, -0.2) is 43.4 Å². The molecule has 5 amide bonds. The molecule has 1 aliphatic heterocycles. The van der Waals surface area contributed by atoms with Crippen LogP contribution < -0.4 is 20.7 Å². The predicted molar refractivity (Wildman–Crippen MR) is 123 cm³/mol. The van der Waals surface area contributed by atoms with Gasteiger partial charge in [-0.2, -0.15) is 0 Å².